The van der Waals surface area contributed by atoms with E-state index in [0.717, 1.165) is 6.07 Å². The Morgan fingerprint density at radius 1 is 0.679 bits per heavy atom. The monoisotopic (exact) mass is 388 g/mol. The fourth-order valence-corrected chi connectivity index (χ4v) is 1.99. The minimum atomic E-state index is -1.13. The van der Waals surface area contributed by atoms with E-state index in [9.17, 15) is 19.2 Å². The number of esters is 2. The van der Waals surface area contributed by atoms with Crippen LogP contribution < -0.4 is 0 Å². The number of ether oxygens (including phenoxy) is 2. The van der Waals surface area contributed by atoms with E-state index < -0.39 is 23.9 Å². The van der Waals surface area contributed by atoms with Crippen molar-refractivity contribution in [2.24, 2.45) is 0 Å². The van der Waals surface area contributed by atoms with Gasteiger partial charge < -0.3 is 19.7 Å². The van der Waals surface area contributed by atoms with Gasteiger partial charge in [-0.2, -0.15) is 0 Å². The van der Waals surface area contributed by atoms with Crippen molar-refractivity contribution in [2.75, 3.05) is 13.2 Å². The molecular formula is C20H20O8. The van der Waals surface area contributed by atoms with Gasteiger partial charge >= 0.3 is 23.9 Å². The number of carbonyl (C=O) groups excluding carboxylic acids is 2. The summed E-state index contributed by atoms with van der Waals surface area (Å²) < 4.78 is 9.66. The minimum Gasteiger partial charge on any atom is -0.478 e. The van der Waals surface area contributed by atoms with Gasteiger partial charge in [-0.1, -0.05) is 12.1 Å². The van der Waals surface area contributed by atoms with Crippen LogP contribution in [0.3, 0.4) is 0 Å². The van der Waals surface area contributed by atoms with Gasteiger partial charge in [0.25, 0.3) is 0 Å². The molecule has 0 amide bonds. The Labute approximate surface area is 161 Å². The number of rotatable bonds is 6. The van der Waals surface area contributed by atoms with Gasteiger partial charge in [0.2, 0.25) is 0 Å². The zero-order valence-corrected chi connectivity index (χ0v) is 15.4. The van der Waals surface area contributed by atoms with E-state index in [2.05, 4.69) is 0 Å². The summed E-state index contributed by atoms with van der Waals surface area (Å²) in [5.74, 6) is -3.13. The van der Waals surface area contributed by atoms with Crippen LogP contribution in [0.2, 0.25) is 0 Å². The van der Waals surface area contributed by atoms with Crippen molar-refractivity contribution in [3.63, 3.8) is 0 Å². The molecule has 148 valence electrons. The van der Waals surface area contributed by atoms with E-state index in [1.54, 1.807) is 32.0 Å². The summed E-state index contributed by atoms with van der Waals surface area (Å²) in [6, 6.07) is 11.5. The molecule has 2 aromatic carbocycles. The maximum Gasteiger partial charge on any atom is 0.338 e. The third-order valence-corrected chi connectivity index (χ3v) is 3.24. The standard InChI is InChI=1S/C12H14O4.C8H6O4/c1-3-15-11(13)9-6-5-7-10(8-9)12(14)16-4-2;9-7(10)5-2-1-3-6(4-5)8(11)12/h5-8H,3-4H2,1-2H3;1-4H,(H,9,10)(H,11,12). The van der Waals surface area contributed by atoms with Crippen LogP contribution in [0.4, 0.5) is 0 Å². The van der Waals surface area contributed by atoms with Gasteiger partial charge in [0.05, 0.1) is 35.5 Å². The molecule has 0 bridgehead atoms. The van der Waals surface area contributed by atoms with Gasteiger partial charge in [-0.25, -0.2) is 19.2 Å². The lowest BCUT2D eigenvalue weighted by atomic mass is 10.1. The zero-order valence-electron chi connectivity index (χ0n) is 15.4. The number of carbonyl (C=O) groups is 4. The van der Waals surface area contributed by atoms with E-state index in [1.807, 2.05) is 0 Å². The number of hydrogen-bond donors (Lipinski definition) is 2. The normalized spacial score (nSPS) is 9.50. The summed E-state index contributed by atoms with van der Waals surface area (Å²) in [5.41, 5.74) is 0.671. The maximum atomic E-state index is 11.4. The van der Waals surface area contributed by atoms with E-state index in [0.29, 0.717) is 24.3 Å². The molecule has 0 saturated heterocycles. The molecule has 8 heteroatoms. The molecule has 0 spiro atoms. The lowest BCUT2D eigenvalue weighted by Gasteiger charge is -2.04. The highest BCUT2D eigenvalue weighted by Gasteiger charge is 2.11. The van der Waals surface area contributed by atoms with Gasteiger partial charge in [0, 0.05) is 0 Å². The highest BCUT2D eigenvalue weighted by molar-refractivity contribution is 5.95. The molecule has 0 unspecified atom stereocenters. The van der Waals surface area contributed by atoms with Crippen LogP contribution >= 0.6 is 0 Å². The van der Waals surface area contributed by atoms with Crippen LogP contribution in [0.5, 0.6) is 0 Å². The van der Waals surface area contributed by atoms with Crippen molar-refractivity contribution in [2.45, 2.75) is 13.8 Å². The molecule has 8 nitrogen and oxygen atoms in total. The molecule has 28 heavy (non-hydrogen) atoms. The average Bonchev–Trinajstić information content (AvgIpc) is 2.69. The maximum absolute atomic E-state index is 11.4. The molecule has 0 aliphatic carbocycles. The molecule has 0 radical (unpaired) electrons. The first-order valence-corrected chi connectivity index (χ1v) is 8.31. The van der Waals surface area contributed by atoms with Gasteiger partial charge in [-0.15, -0.1) is 0 Å². The van der Waals surface area contributed by atoms with Gasteiger partial charge in [-0.3, -0.25) is 0 Å². The summed E-state index contributed by atoms with van der Waals surface area (Å²) in [4.78, 5) is 43.6. The van der Waals surface area contributed by atoms with E-state index in [4.69, 9.17) is 19.7 Å². The smallest absolute Gasteiger partial charge is 0.338 e. The van der Waals surface area contributed by atoms with E-state index >= 15 is 0 Å². The summed E-state index contributed by atoms with van der Waals surface area (Å²) in [6.07, 6.45) is 0. The largest absolute Gasteiger partial charge is 0.478 e. The second-order valence-electron chi connectivity index (χ2n) is 5.21. The zero-order chi connectivity index (χ0) is 21.1. The molecule has 0 aliphatic heterocycles. The molecule has 2 N–H and O–H groups in total. The molecule has 2 aromatic rings. The molecule has 0 saturated carbocycles. The van der Waals surface area contributed by atoms with Gasteiger partial charge in [-0.05, 0) is 50.2 Å². The SMILES string of the molecule is CCOC(=O)c1cccc(C(=O)OCC)c1.O=C(O)c1cccc(C(=O)O)c1. The number of carboxylic acids is 2. The third kappa shape index (κ3) is 6.91. The molecule has 2 rings (SSSR count). The minimum absolute atomic E-state index is 0.0186. The second kappa shape index (κ2) is 11.1. The van der Waals surface area contributed by atoms with Crippen molar-refractivity contribution in [3.8, 4) is 0 Å². The summed E-state index contributed by atoms with van der Waals surface area (Å²) in [6.45, 7) is 4.07. The van der Waals surface area contributed by atoms with E-state index in [-0.39, 0.29) is 11.1 Å². The van der Waals surface area contributed by atoms with Crippen molar-refractivity contribution in [1.29, 1.82) is 0 Å². The van der Waals surface area contributed by atoms with Crippen molar-refractivity contribution in [1.82, 2.24) is 0 Å². The van der Waals surface area contributed by atoms with Crippen LogP contribution in [0.1, 0.15) is 55.3 Å². The number of hydrogen-bond acceptors (Lipinski definition) is 6. The first-order chi connectivity index (χ1) is 13.3. The Kier molecular flexibility index (Phi) is 8.88. The second-order valence-corrected chi connectivity index (χ2v) is 5.21. The Morgan fingerprint density at radius 2 is 1.00 bits per heavy atom. The Morgan fingerprint density at radius 3 is 1.32 bits per heavy atom. The number of carboxylic acid groups (broad SMARTS) is 2. The number of benzene rings is 2. The first-order valence-electron chi connectivity index (χ1n) is 8.31. The Balaban J connectivity index is 0.000000292. The van der Waals surface area contributed by atoms with Crippen molar-refractivity contribution >= 4 is 23.9 Å². The third-order valence-electron chi connectivity index (χ3n) is 3.24. The van der Waals surface area contributed by atoms with Gasteiger partial charge in [0.15, 0.2) is 0 Å². The predicted molar refractivity (Wildman–Crippen MR) is 98.7 cm³/mol. The first kappa shape index (κ1) is 22.4. The quantitative estimate of drug-likeness (QED) is 0.723. The van der Waals surface area contributed by atoms with Crippen molar-refractivity contribution in [3.05, 3.63) is 70.8 Å². The van der Waals surface area contributed by atoms with Crippen molar-refractivity contribution < 1.29 is 38.9 Å². The highest BCUT2D eigenvalue weighted by atomic mass is 16.5. The Hall–Kier alpha value is -3.68. The molecule has 0 atom stereocenters. The number of aromatic carboxylic acids is 2. The topological polar surface area (TPSA) is 127 Å². The molecule has 0 aliphatic rings. The van der Waals surface area contributed by atoms with Gasteiger partial charge in [0.1, 0.15) is 0 Å². The predicted octanol–water partition coefficient (Wildman–Crippen LogP) is 3.12. The fraction of sp³-hybridized carbons (Fsp3) is 0.200. The summed E-state index contributed by atoms with van der Waals surface area (Å²) in [7, 11) is 0. The summed E-state index contributed by atoms with van der Waals surface area (Å²) >= 11 is 0. The van der Waals surface area contributed by atoms with Crippen LogP contribution in [-0.4, -0.2) is 47.3 Å². The van der Waals surface area contributed by atoms with Crippen LogP contribution in [0, 0.1) is 0 Å². The van der Waals surface area contributed by atoms with Crippen LogP contribution in [-0.2, 0) is 9.47 Å². The van der Waals surface area contributed by atoms with E-state index in [1.165, 1.54) is 24.3 Å². The highest BCUT2D eigenvalue weighted by Crippen LogP contribution is 2.08. The van der Waals surface area contributed by atoms with Crippen LogP contribution in [0.25, 0.3) is 0 Å². The molecule has 0 fully saturated rings. The average molecular weight is 388 g/mol. The lowest BCUT2D eigenvalue weighted by Crippen LogP contribution is -2.08. The fourth-order valence-electron chi connectivity index (χ4n) is 1.99. The molecule has 0 heterocycles. The molecular weight excluding hydrogens is 368 g/mol. The Bertz CT molecular complexity index is 794. The summed E-state index contributed by atoms with van der Waals surface area (Å²) in [5, 5.41) is 17.0. The molecule has 0 aromatic heterocycles. The lowest BCUT2D eigenvalue weighted by molar-refractivity contribution is 0.0523. The van der Waals surface area contributed by atoms with Crippen LogP contribution in [0.15, 0.2) is 48.5 Å².